The molecule has 1 aliphatic heterocycles. The number of nitrogens with one attached hydrogen (secondary N) is 2. The van der Waals surface area contributed by atoms with Crippen LogP contribution in [0.15, 0.2) is 11.4 Å². The number of nitrogens with zero attached hydrogens (tertiary/aromatic N) is 1. The molecule has 160 valence electrons. The first-order valence-corrected chi connectivity index (χ1v) is 12.1. The third kappa shape index (κ3) is 4.83. The van der Waals surface area contributed by atoms with Crippen molar-refractivity contribution in [1.82, 2.24) is 15.5 Å². The highest BCUT2D eigenvalue weighted by atomic mass is 32.1. The van der Waals surface area contributed by atoms with E-state index in [2.05, 4.69) is 20.9 Å². The minimum atomic E-state index is -2.56. The van der Waals surface area contributed by atoms with E-state index >= 15 is 0 Å². The molecule has 2 atom stereocenters. The Kier molecular flexibility index (Phi) is 5.41. The van der Waals surface area contributed by atoms with E-state index < -0.39 is 5.92 Å². The van der Waals surface area contributed by atoms with E-state index in [4.69, 9.17) is 0 Å². The van der Waals surface area contributed by atoms with Crippen molar-refractivity contribution in [2.75, 3.05) is 13.1 Å². The van der Waals surface area contributed by atoms with Gasteiger partial charge in [-0.1, -0.05) is 0 Å². The molecule has 2 heterocycles. The summed E-state index contributed by atoms with van der Waals surface area (Å²) in [4.78, 5) is 15.9. The van der Waals surface area contributed by atoms with Crippen LogP contribution >= 0.6 is 11.3 Å². The van der Waals surface area contributed by atoms with Crippen molar-refractivity contribution in [1.29, 1.82) is 0 Å². The smallest absolute Gasteiger partial charge is 0.261 e. The van der Waals surface area contributed by atoms with Crippen molar-refractivity contribution >= 4 is 17.2 Å². The van der Waals surface area contributed by atoms with E-state index in [1.54, 1.807) is 0 Å². The maximum atomic E-state index is 13.3. The largest absolute Gasteiger partial charge is 0.349 e. The number of hydrogen-bond donors (Lipinski definition) is 2. The molecule has 5 rings (SSSR count). The summed E-state index contributed by atoms with van der Waals surface area (Å²) in [6.45, 7) is 2.46. The molecule has 1 aromatic heterocycles. The fourth-order valence-electron chi connectivity index (χ4n) is 5.03. The highest BCUT2D eigenvalue weighted by molar-refractivity contribution is 7.12. The van der Waals surface area contributed by atoms with Gasteiger partial charge in [0.15, 0.2) is 0 Å². The van der Waals surface area contributed by atoms with Gasteiger partial charge in [0.05, 0.1) is 4.88 Å². The fraction of sp³-hybridized carbons (Fsp3) is 0.773. The van der Waals surface area contributed by atoms with Gasteiger partial charge >= 0.3 is 0 Å². The third-order valence-electron chi connectivity index (χ3n) is 7.16. The zero-order chi connectivity index (χ0) is 20.0. The average molecular weight is 424 g/mol. The van der Waals surface area contributed by atoms with Crippen molar-refractivity contribution < 1.29 is 13.6 Å². The van der Waals surface area contributed by atoms with Crippen molar-refractivity contribution in [2.24, 2.45) is 0 Å². The monoisotopic (exact) mass is 423 g/mol. The molecule has 0 radical (unpaired) electrons. The molecule has 0 bridgehead atoms. The summed E-state index contributed by atoms with van der Waals surface area (Å²) >= 11 is 1.48. The second-order valence-corrected chi connectivity index (χ2v) is 10.4. The molecule has 7 heteroatoms. The van der Waals surface area contributed by atoms with Gasteiger partial charge in [-0.15, -0.1) is 11.3 Å². The zero-order valence-electron chi connectivity index (χ0n) is 16.8. The zero-order valence-corrected chi connectivity index (χ0v) is 17.7. The lowest BCUT2D eigenvalue weighted by Gasteiger charge is -2.32. The minimum absolute atomic E-state index is 0.103. The average Bonchev–Trinajstić information content (AvgIpc) is 3.63. The third-order valence-corrected chi connectivity index (χ3v) is 8.10. The number of amides is 1. The van der Waals surface area contributed by atoms with E-state index in [0.717, 1.165) is 12.5 Å². The number of hydrogen-bond acceptors (Lipinski definition) is 4. The molecule has 0 aromatic carbocycles. The number of carbonyl (C=O) groups excluding carboxylic acids is 1. The summed E-state index contributed by atoms with van der Waals surface area (Å²) < 4.78 is 26.6. The van der Waals surface area contributed by atoms with Gasteiger partial charge in [0.1, 0.15) is 0 Å². The van der Waals surface area contributed by atoms with Crippen LogP contribution in [0.4, 0.5) is 8.78 Å². The first-order chi connectivity index (χ1) is 14.0. The van der Waals surface area contributed by atoms with Crippen LogP contribution in [0.25, 0.3) is 0 Å². The summed E-state index contributed by atoms with van der Waals surface area (Å²) in [5.74, 6) is -2.14. The Balaban J connectivity index is 1.07. The van der Waals surface area contributed by atoms with E-state index in [1.807, 2.05) is 6.07 Å². The molecule has 2 N–H and O–H groups in total. The molecule has 29 heavy (non-hydrogen) atoms. The van der Waals surface area contributed by atoms with Gasteiger partial charge in [0.25, 0.3) is 5.91 Å². The first kappa shape index (κ1) is 19.9. The van der Waals surface area contributed by atoms with Gasteiger partial charge in [-0.05, 0) is 75.0 Å². The van der Waals surface area contributed by atoms with Crippen LogP contribution in [-0.2, 0) is 0 Å². The van der Waals surface area contributed by atoms with E-state index in [9.17, 15) is 13.6 Å². The summed E-state index contributed by atoms with van der Waals surface area (Å²) in [5, 5.41) is 8.90. The van der Waals surface area contributed by atoms with E-state index in [-0.39, 0.29) is 24.8 Å². The predicted molar refractivity (Wildman–Crippen MR) is 111 cm³/mol. The lowest BCUT2D eigenvalue weighted by molar-refractivity contribution is -0.0399. The number of carbonyl (C=O) groups is 1. The van der Waals surface area contributed by atoms with Gasteiger partial charge in [-0.3, -0.25) is 4.79 Å². The Labute approximate surface area is 175 Å². The highest BCUT2D eigenvalue weighted by Gasteiger charge is 2.41. The molecule has 0 spiro atoms. The number of likely N-dealkylation sites (tertiary alicyclic amines) is 1. The van der Waals surface area contributed by atoms with Gasteiger partial charge in [-0.25, -0.2) is 8.78 Å². The first-order valence-electron chi connectivity index (χ1n) is 11.2. The standard InChI is InChI=1S/C22H31F2N3OS/c23-22(24)7-3-15(4-8-22)26-21(28)20-11-14(13-29-20)18-12-19(18)25-16-5-9-27(10-6-16)17-1-2-17/h11,13,15-19,25H,1-10,12H2,(H,26,28). The Bertz CT molecular complexity index is 732. The molecule has 1 saturated heterocycles. The normalized spacial score (nSPS) is 31.0. The molecule has 4 nitrogen and oxygen atoms in total. The highest BCUT2D eigenvalue weighted by Crippen LogP contribution is 2.43. The lowest BCUT2D eigenvalue weighted by Crippen LogP contribution is -2.44. The van der Waals surface area contributed by atoms with Gasteiger partial charge in [0.2, 0.25) is 5.92 Å². The Hall–Kier alpha value is -1.05. The van der Waals surface area contributed by atoms with Crippen LogP contribution in [0.3, 0.4) is 0 Å². The van der Waals surface area contributed by atoms with Crippen LogP contribution in [0, 0.1) is 0 Å². The molecule has 1 aromatic rings. The molecule has 4 aliphatic rings. The van der Waals surface area contributed by atoms with Crippen molar-refractivity contribution in [3.05, 3.63) is 21.9 Å². The van der Waals surface area contributed by atoms with Crippen molar-refractivity contribution in [3.8, 4) is 0 Å². The fourth-order valence-corrected chi connectivity index (χ4v) is 5.90. The lowest BCUT2D eigenvalue weighted by atomic mass is 9.92. The number of rotatable bonds is 6. The molecule has 4 fully saturated rings. The Morgan fingerprint density at radius 3 is 2.48 bits per heavy atom. The number of halogens is 2. The van der Waals surface area contributed by atoms with Crippen molar-refractivity contribution in [2.45, 2.75) is 93.8 Å². The minimum Gasteiger partial charge on any atom is -0.349 e. The second kappa shape index (κ2) is 7.89. The van der Waals surface area contributed by atoms with E-state index in [1.165, 1.54) is 55.7 Å². The van der Waals surface area contributed by atoms with Crippen LogP contribution in [-0.4, -0.2) is 54.0 Å². The maximum absolute atomic E-state index is 13.3. The Morgan fingerprint density at radius 2 is 1.79 bits per heavy atom. The molecule has 1 amide bonds. The molecule has 3 aliphatic carbocycles. The summed E-state index contributed by atoms with van der Waals surface area (Å²) in [5.41, 5.74) is 1.25. The second-order valence-electron chi connectivity index (χ2n) is 9.50. The molecule has 3 saturated carbocycles. The number of piperidine rings is 1. The molecular formula is C22H31F2N3OS. The maximum Gasteiger partial charge on any atom is 0.261 e. The topological polar surface area (TPSA) is 44.4 Å². The van der Waals surface area contributed by atoms with Gasteiger partial charge in [0, 0.05) is 42.9 Å². The quantitative estimate of drug-likeness (QED) is 0.723. The van der Waals surface area contributed by atoms with Gasteiger partial charge in [-0.2, -0.15) is 0 Å². The van der Waals surface area contributed by atoms with Gasteiger partial charge < -0.3 is 15.5 Å². The molecule has 2 unspecified atom stereocenters. The Morgan fingerprint density at radius 1 is 1.07 bits per heavy atom. The number of thiophene rings is 1. The van der Waals surface area contributed by atoms with Crippen molar-refractivity contribution in [3.63, 3.8) is 0 Å². The number of alkyl halides is 2. The summed E-state index contributed by atoms with van der Waals surface area (Å²) in [6, 6.07) is 3.94. The van der Waals surface area contributed by atoms with Crippen LogP contribution in [0.2, 0.25) is 0 Å². The van der Waals surface area contributed by atoms with E-state index in [0.29, 0.717) is 35.7 Å². The predicted octanol–water partition coefficient (Wildman–Crippen LogP) is 4.13. The summed E-state index contributed by atoms with van der Waals surface area (Å²) in [6.07, 6.45) is 6.92. The summed E-state index contributed by atoms with van der Waals surface area (Å²) in [7, 11) is 0. The van der Waals surface area contributed by atoms with Crippen LogP contribution in [0.1, 0.15) is 78.9 Å². The van der Waals surface area contributed by atoms with Crippen LogP contribution in [0.5, 0.6) is 0 Å². The van der Waals surface area contributed by atoms with Crippen LogP contribution < -0.4 is 10.6 Å². The SMILES string of the molecule is O=C(NC1CCC(F)(F)CC1)c1cc(C2CC2NC2CCN(C3CC3)CC2)cs1. The molecular weight excluding hydrogens is 392 g/mol.